The first kappa shape index (κ1) is 17.7. The van der Waals surface area contributed by atoms with Gasteiger partial charge in [0.2, 0.25) is 0 Å². The van der Waals surface area contributed by atoms with Gasteiger partial charge in [0.1, 0.15) is 34.9 Å². The Morgan fingerprint density at radius 1 is 1.04 bits per heavy atom. The van der Waals surface area contributed by atoms with Crippen LogP contribution in [0.5, 0.6) is 0 Å². The molecule has 0 spiro atoms. The predicted molar refractivity (Wildman–Crippen MR) is 88.8 cm³/mol. The van der Waals surface area contributed by atoms with Gasteiger partial charge in [-0.1, -0.05) is 53.4 Å². The highest BCUT2D eigenvalue weighted by atomic mass is 32.2. The van der Waals surface area contributed by atoms with Crippen molar-refractivity contribution in [1.82, 2.24) is 10.2 Å². The van der Waals surface area contributed by atoms with Gasteiger partial charge in [0.15, 0.2) is 4.34 Å². The van der Waals surface area contributed by atoms with Crippen LogP contribution in [0.15, 0.2) is 34.7 Å². The van der Waals surface area contributed by atoms with Gasteiger partial charge in [-0.05, 0) is 5.56 Å². The Labute approximate surface area is 146 Å². The summed E-state index contributed by atoms with van der Waals surface area (Å²) < 4.78 is 6.04. The summed E-state index contributed by atoms with van der Waals surface area (Å²) in [5.41, 5.74) is 0.288. The van der Waals surface area contributed by atoms with Crippen molar-refractivity contribution in [3.8, 4) is 0 Å². The smallest absolute Gasteiger partial charge is 0.176 e. The Bertz CT molecular complexity index is 654. The molecule has 4 N–H and O–H groups in total. The number of aromatic nitrogens is 2. The SMILES string of the molecule is OC[C@H]1O[C@@H](Sc2nnc(Cc3ccccc3)s2)[C@H](O)[C@@H](O)[C@@H]1O. The maximum Gasteiger partial charge on any atom is 0.176 e. The fourth-order valence-electron chi connectivity index (χ4n) is 2.39. The first-order valence-corrected chi connectivity index (χ1v) is 9.11. The topological polar surface area (TPSA) is 116 Å². The molecule has 1 aliphatic heterocycles. The molecular formula is C15H18N2O5S2. The number of hydrogen-bond donors (Lipinski definition) is 4. The van der Waals surface area contributed by atoms with E-state index in [0.29, 0.717) is 10.8 Å². The lowest BCUT2D eigenvalue weighted by atomic mass is 10.0. The normalized spacial score (nSPS) is 30.4. The predicted octanol–water partition coefficient (Wildman–Crippen LogP) is 0.0209. The molecule has 130 valence electrons. The van der Waals surface area contributed by atoms with Crippen LogP contribution in [0.2, 0.25) is 0 Å². The first-order chi connectivity index (χ1) is 11.6. The molecule has 0 unspecified atom stereocenters. The van der Waals surface area contributed by atoms with Gasteiger partial charge in [0.25, 0.3) is 0 Å². The summed E-state index contributed by atoms with van der Waals surface area (Å²) >= 11 is 2.50. The van der Waals surface area contributed by atoms with Crippen molar-refractivity contribution in [3.05, 3.63) is 40.9 Å². The van der Waals surface area contributed by atoms with Gasteiger partial charge in [0.05, 0.1) is 6.61 Å². The van der Waals surface area contributed by atoms with E-state index in [0.717, 1.165) is 22.3 Å². The standard InChI is InChI=1S/C15H18N2O5S2/c18-7-9-11(19)12(20)13(21)14(22-9)24-15-17-16-10(23-15)6-8-4-2-1-3-5-8/h1-5,9,11-14,18-21H,6-7H2/t9-,11-,12+,13-,14+/m1/s1. The molecule has 0 saturated carbocycles. The lowest BCUT2D eigenvalue weighted by Gasteiger charge is -2.39. The van der Waals surface area contributed by atoms with Crippen molar-refractivity contribution < 1.29 is 25.2 Å². The highest BCUT2D eigenvalue weighted by molar-refractivity contribution is 8.01. The van der Waals surface area contributed by atoms with Gasteiger partial charge in [-0.25, -0.2) is 0 Å². The Morgan fingerprint density at radius 3 is 2.50 bits per heavy atom. The molecule has 0 aliphatic carbocycles. The van der Waals surface area contributed by atoms with E-state index >= 15 is 0 Å². The van der Waals surface area contributed by atoms with Crippen LogP contribution in [0.4, 0.5) is 0 Å². The van der Waals surface area contributed by atoms with Gasteiger partial charge >= 0.3 is 0 Å². The Balaban J connectivity index is 1.65. The van der Waals surface area contributed by atoms with Gasteiger partial charge < -0.3 is 25.2 Å². The van der Waals surface area contributed by atoms with Crippen molar-refractivity contribution in [2.75, 3.05) is 6.61 Å². The van der Waals surface area contributed by atoms with Crippen molar-refractivity contribution in [3.63, 3.8) is 0 Å². The van der Waals surface area contributed by atoms with E-state index < -0.39 is 36.5 Å². The van der Waals surface area contributed by atoms with Crippen LogP contribution < -0.4 is 0 Å². The maximum absolute atomic E-state index is 10.0. The summed E-state index contributed by atoms with van der Waals surface area (Å²) in [7, 11) is 0. The second-order valence-corrected chi connectivity index (χ2v) is 7.85. The van der Waals surface area contributed by atoms with E-state index in [4.69, 9.17) is 4.74 Å². The molecule has 0 radical (unpaired) electrons. The molecule has 9 heteroatoms. The summed E-state index contributed by atoms with van der Waals surface area (Å²) in [5, 5.41) is 47.9. The van der Waals surface area contributed by atoms with Gasteiger partial charge in [-0.15, -0.1) is 10.2 Å². The monoisotopic (exact) mass is 370 g/mol. The van der Waals surface area contributed by atoms with Crippen molar-refractivity contribution in [1.29, 1.82) is 0 Å². The maximum atomic E-state index is 10.0. The van der Waals surface area contributed by atoms with Crippen LogP contribution in [0.3, 0.4) is 0 Å². The summed E-state index contributed by atoms with van der Waals surface area (Å²) in [5.74, 6) is 0. The molecule has 1 fully saturated rings. The van der Waals surface area contributed by atoms with Crippen LogP contribution in [0.1, 0.15) is 10.6 Å². The number of benzene rings is 1. The molecular weight excluding hydrogens is 352 g/mol. The molecule has 0 bridgehead atoms. The average Bonchev–Trinajstić information content (AvgIpc) is 3.03. The third-order valence-electron chi connectivity index (χ3n) is 3.71. The number of aliphatic hydroxyl groups is 4. The third-order valence-corrected chi connectivity index (χ3v) is 5.87. The molecule has 2 heterocycles. The number of ether oxygens (including phenoxy) is 1. The van der Waals surface area contributed by atoms with Crippen LogP contribution in [-0.2, 0) is 11.2 Å². The minimum Gasteiger partial charge on any atom is -0.394 e. The van der Waals surface area contributed by atoms with Crippen molar-refractivity contribution in [2.24, 2.45) is 0 Å². The molecule has 7 nitrogen and oxygen atoms in total. The first-order valence-electron chi connectivity index (χ1n) is 7.42. The number of thioether (sulfide) groups is 1. The van der Waals surface area contributed by atoms with Gasteiger partial charge in [-0.2, -0.15) is 0 Å². The van der Waals surface area contributed by atoms with Gasteiger partial charge in [0, 0.05) is 6.42 Å². The van der Waals surface area contributed by atoms with E-state index in [9.17, 15) is 20.4 Å². The third kappa shape index (κ3) is 3.94. The molecule has 1 aliphatic rings. The zero-order chi connectivity index (χ0) is 17.1. The number of aliphatic hydroxyl groups excluding tert-OH is 4. The molecule has 1 aromatic carbocycles. The van der Waals surface area contributed by atoms with Crippen LogP contribution in [0, 0.1) is 0 Å². The quantitative estimate of drug-likeness (QED) is 0.582. The van der Waals surface area contributed by atoms with Crippen molar-refractivity contribution in [2.45, 2.75) is 40.6 Å². The Morgan fingerprint density at radius 2 is 1.79 bits per heavy atom. The molecule has 5 atom stereocenters. The molecule has 1 saturated heterocycles. The second-order valence-electron chi connectivity index (χ2n) is 5.44. The fourth-order valence-corrected chi connectivity index (χ4v) is 4.55. The van der Waals surface area contributed by atoms with E-state index in [-0.39, 0.29) is 0 Å². The Hall–Kier alpha value is -1.07. The van der Waals surface area contributed by atoms with Crippen LogP contribution in [0.25, 0.3) is 0 Å². The van der Waals surface area contributed by atoms with E-state index in [1.54, 1.807) is 0 Å². The molecule has 0 amide bonds. The van der Waals surface area contributed by atoms with Crippen LogP contribution in [-0.4, -0.2) is 67.1 Å². The zero-order valence-corrected chi connectivity index (χ0v) is 14.2. The lowest BCUT2D eigenvalue weighted by molar-refractivity contribution is -0.205. The minimum absolute atomic E-state index is 0.447. The zero-order valence-electron chi connectivity index (χ0n) is 12.6. The number of hydrogen-bond acceptors (Lipinski definition) is 9. The van der Waals surface area contributed by atoms with E-state index in [2.05, 4.69) is 10.2 Å². The summed E-state index contributed by atoms with van der Waals surface area (Å²) in [6, 6.07) is 9.88. The summed E-state index contributed by atoms with van der Waals surface area (Å²) in [4.78, 5) is 0. The average molecular weight is 370 g/mol. The fraction of sp³-hybridized carbons (Fsp3) is 0.467. The van der Waals surface area contributed by atoms with Gasteiger partial charge in [-0.3, -0.25) is 0 Å². The minimum atomic E-state index is -1.38. The number of nitrogens with zero attached hydrogens (tertiary/aromatic N) is 2. The molecule has 2 aromatic rings. The molecule has 3 rings (SSSR count). The summed E-state index contributed by atoms with van der Waals surface area (Å²) in [6.07, 6.45) is -4.28. The second kappa shape index (κ2) is 7.87. The highest BCUT2D eigenvalue weighted by Crippen LogP contribution is 2.35. The van der Waals surface area contributed by atoms with E-state index in [1.807, 2.05) is 30.3 Å². The van der Waals surface area contributed by atoms with Crippen molar-refractivity contribution >= 4 is 23.1 Å². The summed E-state index contributed by atoms with van der Waals surface area (Å²) in [6.45, 7) is -0.447. The largest absolute Gasteiger partial charge is 0.394 e. The number of rotatable bonds is 5. The molecule has 24 heavy (non-hydrogen) atoms. The van der Waals surface area contributed by atoms with Crippen LogP contribution >= 0.6 is 23.1 Å². The lowest BCUT2D eigenvalue weighted by Crippen LogP contribution is -2.57. The van der Waals surface area contributed by atoms with E-state index in [1.165, 1.54) is 11.3 Å². The highest BCUT2D eigenvalue weighted by Gasteiger charge is 2.44. The Kier molecular flexibility index (Phi) is 5.82. The molecule has 1 aromatic heterocycles.